The minimum Gasteiger partial charge on any atom is -0.397 e. The third-order valence-electron chi connectivity index (χ3n) is 3.16. The Morgan fingerprint density at radius 1 is 1.06 bits per heavy atom. The summed E-state index contributed by atoms with van der Waals surface area (Å²) < 4.78 is 2.62. The monoisotopic (exact) mass is 431 g/mol. The number of rotatable bonds is 0. The summed E-state index contributed by atoms with van der Waals surface area (Å²) in [7, 11) is 0. The van der Waals surface area contributed by atoms with Crippen LogP contribution in [0, 0.1) is 0 Å². The van der Waals surface area contributed by atoms with E-state index in [9.17, 15) is 5.11 Å². The van der Waals surface area contributed by atoms with Crippen LogP contribution in [0.2, 0.25) is 0 Å². The lowest BCUT2D eigenvalue weighted by Gasteiger charge is -2.10. The summed E-state index contributed by atoms with van der Waals surface area (Å²) in [6.07, 6.45) is -0.626. The Balaban J connectivity index is 2.38. The first kappa shape index (κ1) is 12.7. The second kappa shape index (κ2) is 4.34. The van der Waals surface area contributed by atoms with Gasteiger partial charge in [-0.3, -0.25) is 0 Å². The van der Waals surface area contributed by atoms with Crippen molar-refractivity contribution in [1.82, 2.24) is 0 Å². The SMILES string of the molecule is Nc1c(Br)c(Br)cc2c1-c1ccc(Br)cc1[C@H]2O. The molecule has 1 atom stereocenters. The Morgan fingerprint density at radius 2 is 1.78 bits per heavy atom. The molecular weight excluding hydrogens is 426 g/mol. The predicted molar refractivity (Wildman–Crippen MR) is 83.5 cm³/mol. The minimum atomic E-state index is -0.626. The molecule has 18 heavy (non-hydrogen) atoms. The van der Waals surface area contributed by atoms with Crippen LogP contribution in [0.4, 0.5) is 5.69 Å². The molecular formula is C13H8Br3NO. The fraction of sp³-hybridized carbons (Fsp3) is 0.0769. The van der Waals surface area contributed by atoms with Crippen molar-refractivity contribution in [3.8, 4) is 11.1 Å². The number of aliphatic hydroxyl groups excluding tert-OH is 1. The summed E-state index contributed by atoms with van der Waals surface area (Å²) in [5.74, 6) is 0. The molecule has 3 rings (SSSR count). The van der Waals surface area contributed by atoms with Crippen molar-refractivity contribution in [1.29, 1.82) is 0 Å². The molecule has 0 fully saturated rings. The summed E-state index contributed by atoms with van der Waals surface area (Å²) in [5.41, 5.74) is 10.4. The third-order valence-corrected chi connectivity index (χ3v) is 5.66. The number of aliphatic hydroxyl groups is 1. The fourth-order valence-electron chi connectivity index (χ4n) is 2.34. The Kier molecular flexibility index (Phi) is 3.05. The van der Waals surface area contributed by atoms with Gasteiger partial charge in [-0.25, -0.2) is 0 Å². The van der Waals surface area contributed by atoms with Crippen molar-refractivity contribution in [2.24, 2.45) is 0 Å². The summed E-state index contributed by atoms with van der Waals surface area (Å²) in [6, 6.07) is 7.77. The summed E-state index contributed by atoms with van der Waals surface area (Å²) in [4.78, 5) is 0. The maximum atomic E-state index is 10.4. The van der Waals surface area contributed by atoms with E-state index in [0.29, 0.717) is 5.69 Å². The van der Waals surface area contributed by atoms with Gasteiger partial charge < -0.3 is 10.8 Å². The molecule has 92 valence electrons. The quantitative estimate of drug-likeness (QED) is 0.595. The zero-order valence-electron chi connectivity index (χ0n) is 9.05. The second-order valence-corrected chi connectivity index (χ2v) is 6.75. The Bertz CT molecular complexity index is 670. The average molecular weight is 434 g/mol. The van der Waals surface area contributed by atoms with Gasteiger partial charge in [0.2, 0.25) is 0 Å². The topological polar surface area (TPSA) is 46.2 Å². The summed E-state index contributed by atoms with van der Waals surface area (Å²) in [6.45, 7) is 0. The predicted octanol–water partition coefficient (Wildman–Crippen LogP) is 4.62. The van der Waals surface area contributed by atoms with Crippen LogP contribution in [0.25, 0.3) is 11.1 Å². The van der Waals surface area contributed by atoms with Crippen molar-refractivity contribution < 1.29 is 5.11 Å². The van der Waals surface area contributed by atoms with Gasteiger partial charge in [0, 0.05) is 14.5 Å². The van der Waals surface area contributed by atoms with E-state index in [-0.39, 0.29) is 0 Å². The van der Waals surface area contributed by atoms with Crippen LogP contribution in [0.3, 0.4) is 0 Å². The van der Waals surface area contributed by atoms with Crippen LogP contribution in [0.5, 0.6) is 0 Å². The molecule has 2 aromatic carbocycles. The van der Waals surface area contributed by atoms with Crippen molar-refractivity contribution in [3.05, 3.63) is 48.8 Å². The van der Waals surface area contributed by atoms with Gasteiger partial charge in [-0.2, -0.15) is 0 Å². The third kappa shape index (κ3) is 1.68. The first-order valence-corrected chi connectivity index (χ1v) is 7.64. The molecule has 0 amide bonds. The largest absolute Gasteiger partial charge is 0.397 e. The molecule has 5 heteroatoms. The van der Waals surface area contributed by atoms with Crippen LogP contribution in [-0.4, -0.2) is 5.11 Å². The van der Waals surface area contributed by atoms with Crippen LogP contribution >= 0.6 is 47.8 Å². The van der Waals surface area contributed by atoms with E-state index >= 15 is 0 Å². The number of anilines is 1. The van der Waals surface area contributed by atoms with Gasteiger partial charge in [0.25, 0.3) is 0 Å². The van der Waals surface area contributed by atoms with Crippen LogP contribution in [-0.2, 0) is 0 Å². The van der Waals surface area contributed by atoms with Crippen LogP contribution in [0.1, 0.15) is 17.2 Å². The van der Waals surface area contributed by atoms with E-state index in [1.807, 2.05) is 24.3 Å². The molecule has 0 saturated carbocycles. The molecule has 0 bridgehead atoms. The highest BCUT2D eigenvalue weighted by molar-refractivity contribution is 9.13. The van der Waals surface area contributed by atoms with Crippen LogP contribution in [0.15, 0.2) is 37.7 Å². The van der Waals surface area contributed by atoms with Crippen LogP contribution < -0.4 is 5.73 Å². The van der Waals surface area contributed by atoms with E-state index in [2.05, 4.69) is 47.8 Å². The standard InChI is InChI=1S/C13H8Br3NO/c14-5-1-2-6-7(3-5)13(18)8-4-9(15)11(16)12(17)10(6)8/h1-4,13,18H,17H2/t13-/m1/s1. The van der Waals surface area contributed by atoms with E-state index in [0.717, 1.165) is 35.7 Å². The number of fused-ring (bicyclic) bond motifs is 3. The molecule has 0 heterocycles. The Hall–Kier alpha value is -0.360. The molecule has 0 aliphatic heterocycles. The maximum absolute atomic E-state index is 10.4. The molecule has 0 unspecified atom stereocenters. The first-order chi connectivity index (χ1) is 8.50. The molecule has 0 spiro atoms. The van der Waals surface area contributed by atoms with E-state index in [1.54, 1.807) is 0 Å². The Morgan fingerprint density at radius 3 is 2.50 bits per heavy atom. The second-order valence-electron chi connectivity index (χ2n) is 4.18. The van der Waals surface area contributed by atoms with Gasteiger partial charge in [0.1, 0.15) is 6.10 Å². The van der Waals surface area contributed by atoms with E-state index in [4.69, 9.17) is 5.73 Å². The van der Waals surface area contributed by atoms with Gasteiger partial charge in [0.05, 0.1) is 10.2 Å². The fourth-order valence-corrected chi connectivity index (χ4v) is 3.49. The first-order valence-electron chi connectivity index (χ1n) is 5.26. The molecule has 0 radical (unpaired) electrons. The molecule has 0 aromatic heterocycles. The Labute approximate surface area is 130 Å². The highest BCUT2D eigenvalue weighted by Gasteiger charge is 2.30. The van der Waals surface area contributed by atoms with Gasteiger partial charge in [0.15, 0.2) is 0 Å². The van der Waals surface area contributed by atoms with Gasteiger partial charge in [-0.15, -0.1) is 0 Å². The molecule has 1 aliphatic carbocycles. The summed E-state index contributed by atoms with van der Waals surface area (Å²) in [5, 5.41) is 10.4. The highest BCUT2D eigenvalue weighted by atomic mass is 79.9. The number of halogens is 3. The number of hydrogen-bond acceptors (Lipinski definition) is 2. The normalized spacial score (nSPS) is 16.6. The van der Waals surface area contributed by atoms with E-state index < -0.39 is 6.10 Å². The number of nitrogen functional groups attached to an aromatic ring is 1. The van der Waals surface area contributed by atoms with Crippen molar-refractivity contribution in [2.45, 2.75) is 6.10 Å². The molecule has 2 aromatic rings. The van der Waals surface area contributed by atoms with E-state index in [1.165, 1.54) is 0 Å². The van der Waals surface area contributed by atoms with Gasteiger partial charge in [-0.05, 0) is 66.7 Å². The summed E-state index contributed by atoms with van der Waals surface area (Å²) >= 11 is 10.3. The lowest BCUT2D eigenvalue weighted by molar-refractivity contribution is 0.225. The zero-order valence-corrected chi connectivity index (χ0v) is 13.8. The van der Waals surface area contributed by atoms with Crippen molar-refractivity contribution in [3.63, 3.8) is 0 Å². The van der Waals surface area contributed by atoms with Gasteiger partial charge in [-0.1, -0.05) is 22.0 Å². The molecule has 1 aliphatic rings. The maximum Gasteiger partial charge on any atom is 0.105 e. The lowest BCUT2D eigenvalue weighted by atomic mass is 10.0. The number of hydrogen-bond donors (Lipinski definition) is 2. The number of nitrogens with two attached hydrogens (primary N) is 1. The average Bonchev–Trinajstić information content (AvgIpc) is 2.60. The van der Waals surface area contributed by atoms with Crippen molar-refractivity contribution >= 4 is 53.5 Å². The number of benzene rings is 2. The molecule has 0 saturated heterocycles. The van der Waals surface area contributed by atoms with Gasteiger partial charge >= 0.3 is 0 Å². The highest BCUT2D eigenvalue weighted by Crippen LogP contribution is 2.50. The van der Waals surface area contributed by atoms with Crippen molar-refractivity contribution in [2.75, 3.05) is 5.73 Å². The molecule has 2 nitrogen and oxygen atoms in total. The zero-order chi connectivity index (χ0) is 13.0. The smallest absolute Gasteiger partial charge is 0.105 e. The minimum absolute atomic E-state index is 0.626. The lowest BCUT2D eigenvalue weighted by Crippen LogP contribution is -1.96. The molecule has 3 N–H and O–H groups in total.